The molecule has 0 aliphatic rings. The molecule has 0 atom stereocenters. The molecule has 0 aromatic heterocycles. The summed E-state index contributed by atoms with van der Waals surface area (Å²) in [6.45, 7) is 3.31. The minimum atomic E-state index is -3.78. The number of rotatable bonds is 8. The van der Waals surface area contributed by atoms with Crippen LogP contribution < -0.4 is 5.32 Å². The third-order valence-corrected chi connectivity index (χ3v) is 2.46. The van der Waals surface area contributed by atoms with Gasteiger partial charge in [0.05, 0.1) is 5.75 Å². The zero-order valence-electron chi connectivity index (χ0n) is 8.12. The second-order valence-corrected chi connectivity index (χ2v) is 4.67. The summed E-state index contributed by atoms with van der Waals surface area (Å²) in [5, 5.41) is 2.96. The summed E-state index contributed by atoms with van der Waals surface area (Å²) < 4.78 is 29.0. The van der Waals surface area contributed by atoms with E-state index in [4.69, 9.17) is 4.55 Å². The van der Waals surface area contributed by atoms with Crippen molar-refractivity contribution in [3.63, 3.8) is 0 Å². The Labute approximate surface area is 109 Å². The predicted molar refractivity (Wildman–Crippen MR) is 60.6 cm³/mol. The van der Waals surface area contributed by atoms with Crippen LogP contribution in [0.15, 0.2) is 0 Å². The minimum absolute atomic E-state index is 0. The number of nitrogens with one attached hydrogen (secondary N) is 1. The van der Waals surface area contributed by atoms with Gasteiger partial charge in [0.15, 0.2) is 0 Å². The van der Waals surface area contributed by atoms with Crippen molar-refractivity contribution in [3.05, 3.63) is 0 Å². The Hall–Kier alpha value is 0.870. The predicted octanol–water partition coefficient (Wildman–Crippen LogP) is 0.396. The molecule has 4 nitrogen and oxygen atoms in total. The quantitative estimate of drug-likeness (QED) is 0.362. The van der Waals surface area contributed by atoms with Crippen molar-refractivity contribution >= 4 is 39.7 Å². The third-order valence-electron chi connectivity index (χ3n) is 1.74. The maximum absolute atomic E-state index is 10.3. The standard InChI is InChI=1S/C8H19NO3S.Na.H/c1-2-3-4-5-6-9-7-8-13(10,11)12;;/h9H,2-8H2,1H3,(H,10,11,12);;. The van der Waals surface area contributed by atoms with Crippen LogP contribution in [0.25, 0.3) is 0 Å². The van der Waals surface area contributed by atoms with Gasteiger partial charge in [0.2, 0.25) is 0 Å². The first-order valence-corrected chi connectivity index (χ1v) is 6.33. The Bertz CT molecular complexity index is 207. The van der Waals surface area contributed by atoms with Gasteiger partial charge in [-0.1, -0.05) is 26.2 Å². The van der Waals surface area contributed by atoms with Gasteiger partial charge in [-0.25, -0.2) is 0 Å². The van der Waals surface area contributed by atoms with Crippen LogP contribution in [0, 0.1) is 0 Å². The fourth-order valence-corrected chi connectivity index (χ4v) is 1.41. The summed E-state index contributed by atoms with van der Waals surface area (Å²) >= 11 is 0. The summed E-state index contributed by atoms with van der Waals surface area (Å²) in [5.41, 5.74) is 0. The first-order valence-electron chi connectivity index (χ1n) is 4.72. The van der Waals surface area contributed by atoms with Gasteiger partial charge >= 0.3 is 29.6 Å². The van der Waals surface area contributed by atoms with Crippen molar-refractivity contribution < 1.29 is 13.0 Å². The molecule has 0 saturated heterocycles. The Kier molecular flexibility index (Phi) is 12.8. The van der Waals surface area contributed by atoms with Crippen LogP contribution in [0.4, 0.5) is 0 Å². The molecule has 0 unspecified atom stereocenters. The molecule has 14 heavy (non-hydrogen) atoms. The van der Waals surface area contributed by atoms with Gasteiger partial charge in [-0.2, -0.15) is 8.42 Å². The SMILES string of the molecule is CCCCCCNCCS(=O)(=O)O.[NaH]. The van der Waals surface area contributed by atoms with Crippen molar-refractivity contribution in [1.29, 1.82) is 0 Å². The van der Waals surface area contributed by atoms with Gasteiger partial charge in [0.25, 0.3) is 10.1 Å². The molecule has 0 heterocycles. The molecular weight excluding hydrogens is 213 g/mol. The number of unbranched alkanes of at least 4 members (excludes halogenated alkanes) is 3. The molecule has 0 amide bonds. The topological polar surface area (TPSA) is 66.4 Å². The normalized spacial score (nSPS) is 11.0. The first-order chi connectivity index (χ1) is 6.06. The van der Waals surface area contributed by atoms with E-state index in [0.717, 1.165) is 13.0 Å². The average Bonchev–Trinajstić information content (AvgIpc) is 2.01. The fraction of sp³-hybridized carbons (Fsp3) is 1.00. The summed E-state index contributed by atoms with van der Waals surface area (Å²) in [7, 11) is -3.78. The second kappa shape index (κ2) is 10.4. The molecule has 0 aromatic carbocycles. The Morgan fingerprint density at radius 2 is 1.79 bits per heavy atom. The summed E-state index contributed by atoms with van der Waals surface area (Å²) in [6, 6.07) is 0. The third kappa shape index (κ3) is 15.3. The maximum atomic E-state index is 10.3. The Balaban J connectivity index is 0. The molecule has 0 fully saturated rings. The number of hydrogen-bond donors (Lipinski definition) is 2. The first kappa shape index (κ1) is 17.3. The van der Waals surface area contributed by atoms with E-state index in [-0.39, 0.29) is 35.3 Å². The molecule has 0 spiro atoms. The van der Waals surface area contributed by atoms with E-state index >= 15 is 0 Å². The van der Waals surface area contributed by atoms with Crippen molar-refractivity contribution in [1.82, 2.24) is 5.32 Å². The molecular formula is C8H20NNaO3S. The van der Waals surface area contributed by atoms with E-state index in [1.165, 1.54) is 19.3 Å². The van der Waals surface area contributed by atoms with E-state index in [9.17, 15) is 8.42 Å². The van der Waals surface area contributed by atoms with Crippen LogP contribution >= 0.6 is 0 Å². The Morgan fingerprint density at radius 1 is 1.14 bits per heavy atom. The zero-order valence-corrected chi connectivity index (χ0v) is 8.94. The van der Waals surface area contributed by atoms with Gasteiger partial charge in [-0.15, -0.1) is 0 Å². The van der Waals surface area contributed by atoms with Crippen molar-refractivity contribution in [2.75, 3.05) is 18.8 Å². The van der Waals surface area contributed by atoms with E-state index in [1.54, 1.807) is 0 Å². The van der Waals surface area contributed by atoms with Crippen molar-refractivity contribution in [2.45, 2.75) is 32.6 Å². The fourth-order valence-electron chi connectivity index (χ4n) is 1.00. The van der Waals surface area contributed by atoms with Gasteiger partial charge in [-0.05, 0) is 13.0 Å². The number of hydrogen-bond acceptors (Lipinski definition) is 3. The molecule has 82 valence electrons. The molecule has 0 rings (SSSR count). The van der Waals surface area contributed by atoms with Crippen LogP contribution in [0.5, 0.6) is 0 Å². The molecule has 0 aliphatic carbocycles. The van der Waals surface area contributed by atoms with Crippen LogP contribution in [0.3, 0.4) is 0 Å². The van der Waals surface area contributed by atoms with Crippen LogP contribution in [-0.2, 0) is 10.1 Å². The molecule has 0 aromatic rings. The van der Waals surface area contributed by atoms with Crippen LogP contribution in [0.2, 0.25) is 0 Å². The Morgan fingerprint density at radius 3 is 2.29 bits per heavy atom. The molecule has 0 radical (unpaired) electrons. The van der Waals surface area contributed by atoms with E-state index in [1.807, 2.05) is 0 Å². The van der Waals surface area contributed by atoms with E-state index < -0.39 is 10.1 Å². The summed E-state index contributed by atoms with van der Waals surface area (Å²) in [5.74, 6) is -0.194. The van der Waals surface area contributed by atoms with Gasteiger partial charge in [0, 0.05) is 6.54 Å². The van der Waals surface area contributed by atoms with Gasteiger partial charge in [-0.3, -0.25) is 4.55 Å². The average molecular weight is 233 g/mol. The monoisotopic (exact) mass is 233 g/mol. The van der Waals surface area contributed by atoms with Crippen molar-refractivity contribution in [2.24, 2.45) is 0 Å². The van der Waals surface area contributed by atoms with Crippen molar-refractivity contribution in [3.8, 4) is 0 Å². The van der Waals surface area contributed by atoms with Gasteiger partial charge in [0.1, 0.15) is 0 Å². The van der Waals surface area contributed by atoms with Crippen LogP contribution in [-0.4, -0.2) is 61.4 Å². The van der Waals surface area contributed by atoms with Gasteiger partial charge < -0.3 is 5.32 Å². The molecule has 0 saturated carbocycles. The summed E-state index contributed by atoms with van der Waals surface area (Å²) in [6.07, 6.45) is 4.67. The summed E-state index contributed by atoms with van der Waals surface area (Å²) in [4.78, 5) is 0. The van der Waals surface area contributed by atoms with Crippen LogP contribution in [0.1, 0.15) is 32.6 Å². The van der Waals surface area contributed by atoms with E-state index in [0.29, 0.717) is 6.54 Å². The molecule has 2 N–H and O–H groups in total. The zero-order chi connectivity index (χ0) is 10.2. The molecule has 6 heteroatoms. The van der Waals surface area contributed by atoms with E-state index in [2.05, 4.69) is 12.2 Å². The second-order valence-electron chi connectivity index (χ2n) is 3.10. The molecule has 0 aliphatic heterocycles. The molecule has 0 bridgehead atoms.